The van der Waals surface area contributed by atoms with Crippen molar-refractivity contribution in [2.45, 2.75) is 32.9 Å². The Morgan fingerprint density at radius 1 is 1.38 bits per heavy atom. The van der Waals surface area contributed by atoms with Gasteiger partial charge in [-0.1, -0.05) is 26.0 Å². The van der Waals surface area contributed by atoms with E-state index in [-0.39, 0.29) is 23.7 Å². The van der Waals surface area contributed by atoms with Crippen molar-refractivity contribution < 1.29 is 9.18 Å². The van der Waals surface area contributed by atoms with Gasteiger partial charge < -0.3 is 5.32 Å². The lowest BCUT2D eigenvalue weighted by molar-refractivity contribution is -0.125. The maximum atomic E-state index is 13.0. The third kappa shape index (κ3) is 4.15. The van der Waals surface area contributed by atoms with Gasteiger partial charge in [-0.3, -0.25) is 9.48 Å². The highest BCUT2D eigenvalue weighted by atomic mass is 19.1. The highest BCUT2D eigenvalue weighted by Crippen LogP contribution is 2.17. The molecule has 0 aliphatic carbocycles. The minimum absolute atomic E-state index is 0.0262. The molecule has 2 aromatic rings. The lowest BCUT2D eigenvalue weighted by atomic mass is 10.0. The summed E-state index contributed by atoms with van der Waals surface area (Å²) in [6.07, 6.45) is 4.28. The van der Waals surface area contributed by atoms with E-state index in [2.05, 4.69) is 10.4 Å². The molecule has 112 valence electrons. The first-order valence-electron chi connectivity index (χ1n) is 7.13. The van der Waals surface area contributed by atoms with Crippen molar-refractivity contribution in [3.05, 3.63) is 54.1 Å². The van der Waals surface area contributed by atoms with E-state index in [0.29, 0.717) is 6.54 Å². The van der Waals surface area contributed by atoms with E-state index in [1.165, 1.54) is 12.1 Å². The molecule has 4 nitrogen and oxygen atoms in total. The van der Waals surface area contributed by atoms with Crippen LogP contribution >= 0.6 is 0 Å². The Hall–Kier alpha value is -2.17. The summed E-state index contributed by atoms with van der Waals surface area (Å²) in [6, 6.07) is 7.98. The zero-order valence-electron chi connectivity index (χ0n) is 12.3. The molecule has 21 heavy (non-hydrogen) atoms. The van der Waals surface area contributed by atoms with Gasteiger partial charge in [0.2, 0.25) is 5.91 Å². The fourth-order valence-corrected chi connectivity index (χ4v) is 2.20. The Kier molecular flexibility index (Phi) is 5.09. The van der Waals surface area contributed by atoms with E-state index in [1.54, 1.807) is 23.0 Å². The van der Waals surface area contributed by atoms with Crippen LogP contribution in [0.2, 0.25) is 0 Å². The molecule has 0 aliphatic heterocycles. The van der Waals surface area contributed by atoms with Crippen molar-refractivity contribution in [1.82, 2.24) is 15.1 Å². The number of benzene rings is 1. The lowest BCUT2D eigenvalue weighted by Crippen LogP contribution is -2.34. The molecule has 1 heterocycles. The third-order valence-electron chi connectivity index (χ3n) is 3.46. The molecule has 0 aliphatic rings. The highest BCUT2D eigenvalue weighted by Gasteiger charge is 2.18. The van der Waals surface area contributed by atoms with Gasteiger partial charge in [0.25, 0.3) is 0 Å². The van der Waals surface area contributed by atoms with Crippen LogP contribution in [0.3, 0.4) is 0 Å². The summed E-state index contributed by atoms with van der Waals surface area (Å²) < 4.78 is 14.7. The summed E-state index contributed by atoms with van der Waals surface area (Å²) in [6.45, 7) is 4.40. The predicted octanol–water partition coefficient (Wildman–Crippen LogP) is 2.93. The second kappa shape index (κ2) is 7.02. The summed E-state index contributed by atoms with van der Waals surface area (Å²) in [5, 5.41) is 7.11. The maximum Gasteiger partial charge on any atom is 0.225 e. The van der Waals surface area contributed by atoms with Crippen molar-refractivity contribution in [2.75, 3.05) is 0 Å². The van der Waals surface area contributed by atoms with Crippen molar-refractivity contribution in [3.63, 3.8) is 0 Å². The SMILES string of the molecule is CCC(NC(=O)C(C)Cn1cccn1)c1ccc(F)cc1. The number of carbonyl (C=O) groups is 1. The first-order chi connectivity index (χ1) is 10.1. The van der Waals surface area contributed by atoms with Crippen molar-refractivity contribution >= 4 is 5.91 Å². The molecule has 0 spiro atoms. The van der Waals surface area contributed by atoms with Gasteiger partial charge in [0.1, 0.15) is 5.82 Å². The topological polar surface area (TPSA) is 46.9 Å². The quantitative estimate of drug-likeness (QED) is 0.888. The first-order valence-corrected chi connectivity index (χ1v) is 7.13. The van der Waals surface area contributed by atoms with E-state index in [4.69, 9.17) is 0 Å². The summed E-state index contributed by atoms with van der Waals surface area (Å²) in [5.74, 6) is -0.479. The van der Waals surface area contributed by atoms with Crippen molar-refractivity contribution in [1.29, 1.82) is 0 Å². The standard InChI is InChI=1S/C16H20FN3O/c1-3-15(13-5-7-14(17)8-6-13)19-16(21)12(2)11-20-10-4-9-18-20/h4-10,12,15H,3,11H2,1-2H3,(H,19,21). The summed E-state index contributed by atoms with van der Waals surface area (Å²) in [4.78, 5) is 12.3. The molecule has 0 fully saturated rings. The zero-order chi connectivity index (χ0) is 15.2. The van der Waals surface area contributed by atoms with E-state index in [0.717, 1.165) is 12.0 Å². The molecule has 5 heteroatoms. The molecule has 1 amide bonds. The van der Waals surface area contributed by atoms with E-state index in [9.17, 15) is 9.18 Å². The van der Waals surface area contributed by atoms with Gasteiger partial charge in [0.15, 0.2) is 0 Å². The van der Waals surface area contributed by atoms with Gasteiger partial charge in [-0.15, -0.1) is 0 Å². The van der Waals surface area contributed by atoms with Crippen LogP contribution in [0.1, 0.15) is 31.9 Å². The molecule has 0 saturated heterocycles. The van der Waals surface area contributed by atoms with Gasteiger partial charge in [-0.25, -0.2) is 4.39 Å². The van der Waals surface area contributed by atoms with Crippen LogP contribution in [0.4, 0.5) is 4.39 Å². The van der Waals surface area contributed by atoms with Crippen LogP contribution < -0.4 is 5.32 Å². The lowest BCUT2D eigenvalue weighted by Gasteiger charge is -2.20. The van der Waals surface area contributed by atoms with Gasteiger partial charge >= 0.3 is 0 Å². The number of hydrogen-bond donors (Lipinski definition) is 1. The number of carbonyl (C=O) groups excluding carboxylic acids is 1. The Balaban J connectivity index is 1.97. The molecule has 0 bridgehead atoms. The smallest absolute Gasteiger partial charge is 0.225 e. The van der Waals surface area contributed by atoms with Gasteiger partial charge in [-0.05, 0) is 30.2 Å². The molecular weight excluding hydrogens is 269 g/mol. The van der Waals surface area contributed by atoms with Crippen LogP contribution in [0.5, 0.6) is 0 Å². The number of nitrogens with one attached hydrogen (secondary N) is 1. The average Bonchev–Trinajstić information content (AvgIpc) is 2.98. The Morgan fingerprint density at radius 3 is 2.67 bits per heavy atom. The minimum atomic E-state index is -0.271. The molecule has 2 unspecified atom stereocenters. The molecular formula is C16H20FN3O. The average molecular weight is 289 g/mol. The minimum Gasteiger partial charge on any atom is -0.349 e. The zero-order valence-corrected chi connectivity index (χ0v) is 12.3. The maximum absolute atomic E-state index is 13.0. The number of hydrogen-bond acceptors (Lipinski definition) is 2. The number of rotatable bonds is 6. The molecule has 2 rings (SSSR count). The van der Waals surface area contributed by atoms with Gasteiger partial charge in [0.05, 0.1) is 18.5 Å². The number of nitrogens with zero attached hydrogens (tertiary/aromatic N) is 2. The van der Waals surface area contributed by atoms with E-state index >= 15 is 0 Å². The Labute approximate surface area is 124 Å². The molecule has 0 radical (unpaired) electrons. The monoisotopic (exact) mass is 289 g/mol. The van der Waals surface area contributed by atoms with Gasteiger partial charge in [-0.2, -0.15) is 5.10 Å². The fourth-order valence-electron chi connectivity index (χ4n) is 2.20. The first kappa shape index (κ1) is 15.2. The second-order valence-corrected chi connectivity index (χ2v) is 5.15. The van der Waals surface area contributed by atoms with E-state index in [1.807, 2.05) is 26.1 Å². The normalized spacial score (nSPS) is 13.7. The van der Waals surface area contributed by atoms with Gasteiger partial charge in [0, 0.05) is 12.4 Å². The number of halogens is 1. The van der Waals surface area contributed by atoms with Crippen LogP contribution in [0, 0.1) is 11.7 Å². The molecule has 2 atom stereocenters. The predicted molar refractivity (Wildman–Crippen MR) is 79.0 cm³/mol. The fraction of sp³-hybridized carbons (Fsp3) is 0.375. The highest BCUT2D eigenvalue weighted by molar-refractivity contribution is 5.78. The Bertz CT molecular complexity index is 566. The summed E-state index contributed by atoms with van der Waals surface area (Å²) in [7, 11) is 0. The largest absolute Gasteiger partial charge is 0.349 e. The number of amides is 1. The summed E-state index contributed by atoms with van der Waals surface area (Å²) in [5.41, 5.74) is 0.915. The van der Waals surface area contributed by atoms with Crippen molar-refractivity contribution in [3.8, 4) is 0 Å². The Morgan fingerprint density at radius 2 is 2.10 bits per heavy atom. The van der Waals surface area contributed by atoms with Crippen LogP contribution in [0.15, 0.2) is 42.7 Å². The molecule has 1 N–H and O–H groups in total. The third-order valence-corrected chi connectivity index (χ3v) is 3.46. The van der Waals surface area contributed by atoms with Crippen molar-refractivity contribution in [2.24, 2.45) is 5.92 Å². The summed E-state index contributed by atoms with van der Waals surface area (Å²) >= 11 is 0. The van der Waals surface area contributed by atoms with E-state index < -0.39 is 0 Å². The van der Waals surface area contributed by atoms with Crippen LogP contribution in [-0.4, -0.2) is 15.7 Å². The van der Waals surface area contributed by atoms with Crippen LogP contribution in [-0.2, 0) is 11.3 Å². The number of aromatic nitrogens is 2. The molecule has 1 aromatic carbocycles. The molecule has 0 saturated carbocycles. The van der Waals surface area contributed by atoms with Crippen LogP contribution in [0.25, 0.3) is 0 Å². The second-order valence-electron chi connectivity index (χ2n) is 5.15. The molecule has 1 aromatic heterocycles.